The maximum absolute atomic E-state index is 5.94. The van der Waals surface area contributed by atoms with Gasteiger partial charge in [-0.05, 0) is 33.9 Å². The lowest BCUT2D eigenvalue weighted by Gasteiger charge is -2.38. The fourth-order valence-corrected chi connectivity index (χ4v) is 3.04. The average molecular weight is 242 g/mol. The molecule has 1 N–H and O–H groups in total. The predicted molar refractivity (Wildman–Crippen MR) is 68.3 cm³/mol. The van der Waals surface area contributed by atoms with Crippen LogP contribution in [0.2, 0.25) is 0 Å². The number of rotatable bonds is 4. The number of hydrogen-bond acceptors (Lipinski definition) is 4. The maximum atomic E-state index is 5.94. The Balaban J connectivity index is 1.81. The van der Waals surface area contributed by atoms with Gasteiger partial charge in [-0.2, -0.15) is 0 Å². The topological polar surface area (TPSA) is 33.7 Å². The zero-order chi connectivity index (χ0) is 12.3. The molecule has 0 aromatic carbocycles. The first kappa shape index (κ1) is 13.3. The molecule has 0 aliphatic carbocycles. The zero-order valence-corrected chi connectivity index (χ0v) is 11.4. The molecule has 0 aromatic rings. The van der Waals surface area contributed by atoms with Crippen molar-refractivity contribution in [2.45, 2.75) is 43.9 Å². The normalized spacial score (nSPS) is 35.6. The molecule has 2 fully saturated rings. The number of nitrogens with zero attached hydrogens (tertiary/aromatic N) is 1. The number of nitrogens with one attached hydrogen (secondary N) is 1. The number of ether oxygens (including phenoxy) is 2. The highest BCUT2D eigenvalue weighted by Gasteiger charge is 2.41. The molecule has 2 saturated heterocycles. The summed E-state index contributed by atoms with van der Waals surface area (Å²) in [5.41, 5.74) is 0.0216. The van der Waals surface area contributed by atoms with Crippen LogP contribution in [0.3, 0.4) is 0 Å². The molecule has 2 aliphatic rings. The van der Waals surface area contributed by atoms with Gasteiger partial charge in [0.1, 0.15) is 0 Å². The van der Waals surface area contributed by atoms with Crippen molar-refractivity contribution in [3.8, 4) is 0 Å². The molecule has 0 bridgehead atoms. The molecule has 17 heavy (non-hydrogen) atoms. The Hall–Kier alpha value is -0.160. The Labute approximate surface area is 105 Å². The molecule has 0 saturated carbocycles. The predicted octanol–water partition coefficient (Wildman–Crippen LogP) is 0.864. The van der Waals surface area contributed by atoms with Gasteiger partial charge < -0.3 is 19.7 Å². The minimum atomic E-state index is 0.0216. The molecule has 3 atom stereocenters. The summed E-state index contributed by atoms with van der Waals surface area (Å²) in [6.45, 7) is 5.86. The van der Waals surface area contributed by atoms with E-state index in [-0.39, 0.29) is 5.60 Å². The van der Waals surface area contributed by atoms with Gasteiger partial charge >= 0.3 is 0 Å². The second-order valence-corrected chi connectivity index (χ2v) is 5.85. The quantitative estimate of drug-likeness (QED) is 0.793. The Morgan fingerprint density at radius 2 is 2.24 bits per heavy atom. The molecular weight excluding hydrogens is 216 g/mol. The van der Waals surface area contributed by atoms with Gasteiger partial charge in [0.15, 0.2) is 0 Å². The summed E-state index contributed by atoms with van der Waals surface area (Å²) in [7, 11) is 4.24. The monoisotopic (exact) mass is 242 g/mol. The van der Waals surface area contributed by atoms with E-state index in [0.717, 1.165) is 45.6 Å². The zero-order valence-electron chi connectivity index (χ0n) is 11.4. The van der Waals surface area contributed by atoms with E-state index < -0.39 is 0 Å². The third-order valence-electron chi connectivity index (χ3n) is 3.72. The van der Waals surface area contributed by atoms with E-state index in [1.807, 2.05) is 0 Å². The minimum absolute atomic E-state index is 0.0216. The molecule has 2 rings (SSSR count). The van der Waals surface area contributed by atoms with Crippen LogP contribution in [-0.4, -0.2) is 63.0 Å². The Bertz CT molecular complexity index is 240. The van der Waals surface area contributed by atoms with Crippen molar-refractivity contribution in [1.82, 2.24) is 10.2 Å². The van der Waals surface area contributed by atoms with E-state index in [1.165, 1.54) is 0 Å². The fraction of sp³-hybridized carbons (Fsp3) is 1.00. The fourth-order valence-electron chi connectivity index (χ4n) is 3.04. The molecule has 4 nitrogen and oxygen atoms in total. The highest BCUT2D eigenvalue weighted by atomic mass is 16.6. The van der Waals surface area contributed by atoms with Gasteiger partial charge in [-0.25, -0.2) is 0 Å². The van der Waals surface area contributed by atoms with Crippen molar-refractivity contribution < 1.29 is 9.47 Å². The molecule has 100 valence electrons. The average Bonchev–Trinajstić information content (AvgIpc) is 2.64. The van der Waals surface area contributed by atoms with Gasteiger partial charge in [-0.15, -0.1) is 0 Å². The minimum Gasteiger partial charge on any atom is -0.378 e. The van der Waals surface area contributed by atoms with Crippen molar-refractivity contribution >= 4 is 0 Å². The van der Waals surface area contributed by atoms with Crippen LogP contribution < -0.4 is 5.32 Å². The van der Waals surface area contributed by atoms with Crippen LogP contribution in [0.15, 0.2) is 0 Å². The largest absolute Gasteiger partial charge is 0.378 e. The smallest absolute Gasteiger partial charge is 0.0951 e. The van der Waals surface area contributed by atoms with E-state index in [4.69, 9.17) is 9.47 Å². The van der Waals surface area contributed by atoms with Crippen LogP contribution >= 0.6 is 0 Å². The summed E-state index contributed by atoms with van der Waals surface area (Å²) >= 11 is 0. The van der Waals surface area contributed by atoms with Gasteiger partial charge in [0.05, 0.1) is 12.2 Å². The van der Waals surface area contributed by atoms with Gasteiger partial charge in [0, 0.05) is 38.3 Å². The van der Waals surface area contributed by atoms with E-state index in [9.17, 15) is 0 Å². The Morgan fingerprint density at radius 1 is 1.41 bits per heavy atom. The van der Waals surface area contributed by atoms with E-state index in [0.29, 0.717) is 12.1 Å². The first-order valence-electron chi connectivity index (χ1n) is 6.72. The van der Waals surface area contributed by atoms with Crippen LogP contribution in [0.5, 0.6) is 0 Å². The third kappa shape index (κ3) is 3.65. The molecule has 3 unspecified atom stereocenters. The van der Waals surface area contributed by atoms with Crippen LogP contribution in [-0.2, 0) is 9.47 Å². The van der Waals surface area contributed by atoms with E-state index >= 15 is 0 Å². The summed E-state index contributed by atoms with van der Waals surface area (Å²) < 4.78 is 11.4. The molecule has 4 heteroatoms. The second-order valence-electron chi connectivity index (χ2n) is 5.85. The van der Waals surface area contributed by atoms with Crippen LogP contribution in [0, 0.1) is 0 Å². The second kappa shape index (κ2) is 5.65. The van der Waals surface area contributed by atoms with Crippen molar-refractivity contribution in [3.63, 3.8) is 0 Å². The summed E-state index contributed by atoms with van der Waals surface area (Å²) in [5.74, 6) is 0. The Morgan fingerprint density at radius 3 is 2.88 bits per heavy atom. The van der Waals surface area contributed by atoms with Gasteiger partial charge in [0.2, 0.25) is 0 Å². The molecular formula is C13H26N2O2. The lowest BCUT2D eigenvalue weighted by atomic mass is 9.89. The van der Waals surface area contributed by atoms with Crippen molar-refractivity contribution in [1.29, 1.82) is 0 Å². The number of hydrogen-bond donors (Lipinski definition) is 1. The van der Waals surface area contributed by atoms with Gasteiger partial charge in [-0.3, -0.25) is 0 Å². The molecule has 2 heterocycles. The summed E-state index contributed by atoms with van der Waals surface area (Å²) in [6.07, 6.45) is 3.29. The van der Waals surface area contributed by atoms with Gasteiger partial charge in [-0.1, -0.05) is 0 Å². The van der Waals surface area contributed by atoms with Crippen molar-refractivity contribution in [3.05, 3.63) is 0 Å². The maximum Gasteiger partial charge on any atom is 0.0951 e. The van der Waals surface area contributed by atoms with Crippen molar-refractivity contribution in [2.75, 3.05) is 40.5 Å². The van der Waals surface area contributed by atoms with Crippen LogP contribution in [0.4, 0.5) is 0 Å². The number of likely N-dealkylation sites (N-methyl/N-ethyl adjacent to an activating group) is 1. The molecule has 2 aliphatic heterocycles. The van der Waals surface area contributed by atoms with Crippen LogP contribution in [0.25, 0.3) is 0 Å². The molecule has 0 aromatic heterocycles. The summed E-state index contributed by atoms with van der Waals surface area (Å²) in [4.78, 5) is 2.23. The lowest BCUT2D eigenvalue weighted by molar-refractivity contribution is -0.0903. The molecule has 1 spiro atoms. The van der Waals surface area contributed by atoms with E-state index in [2.05, 4.69) is 31.2 Å². The van der Waals surface area contributed by atoms with Crippen LogP contribution in [0.1, 0.15) is 26.2 Å². The Kier molecular flexibility index (Phi) is 4.42. The third-order valence-corrected chi connectivity index (χ3v) is 3.72. The van der Waals surface area contributed by atoms with Gasteiger partial charge in [0.25, 0.3) is 0 Å². The lowest BCUT2D eigenvalue weighted by Crippen LogP contribution is -2.51. The standard InChI is InChI=1S/C13H26N2O2/c1-11(9-15(2)3)14-12-4-6-17-13(8-12)5-7-16-10-13/h11-12,14H,4-10H2,1-3H3. The first-order chi connectivity index (χ1) is 8.10. The summed E-state index contributed by atoms with van der Waals surface area (Å²) in [6, 6.07) is 1.12. The molecule has 0 amide bonds. The SMILES string of the molecule is CC(CN(C)C)NC1CCOC2(CCOC2)C1. The summed E-state index contributed by atoms with van der Waals surface area (Å²) in [5, 5.41) is 3.72. The van der Waals surface area contributed by atoms with E-state index in [1.54, 1.807) is 0 Å². The first-order valence-corrected chi connectivity index (χ1v) is 6.72. The highest BCUT2D eigenvalue weighted by molar-refractivity contribution is 4.93. The highest BCUT2D eigenvalue weighted by Crippen LogP contribution is 2.32. The molecule has 0 radical (unpaired) electrons. The van der Waals surface area contributed by atoms with Crippen molar-refractivity contribution in [2.24, 2.45) is 0 Å².